The average molecular weight is 198 g/mol. The third-order valence-electron chi connectivity index (χ3n) is 1.81. The third-order valence-corrected chi connectivity index (χ3v) is 2.14. The van der Waals surface area contributed by atoms with Gasteiger partial charge in [-0.1, -0.05) is 25.4 Å². The summed E-state index contributed by atoms with van der Waals surface area (Å²) in [4.78, 5) is 11.5. The van der Waals surface area contributed by atoms with Crippen LogP contribution in [0.2, 0.25) is 5.02 Å². The molecule has 0 saturated carbocycles. The Morgan fingerprint density at radius 2 is 2.08 bits per heavy atom. The maximum Gasteiger partial charge on any atom is 0.165 e. The van der Waals surface area contributed by atoms with Crippen LogP contribution in [0.4, 0.5) is 5.69 Å². The van der Waals surface area contributed by atoms with E-state index >= 15 is 0 Å². The van der Waals surface area contributed by atoms with Gasteiger partial charge in [-0.2, -0.15) is 0 Å². The third kappa shape index (κ3) is 2.22. The van der Waals surface area contributed by atoms with Gasteiger partial charge in [-0.3, -0.25) is 4.79 Å². The second-order valence-electron chi connectivity index (χ2n) is 3.26. The lowest BCUT2D eigenvalue weighted by Crippen LogP contribution is -2.07. The summed E-state index contributed by atoms with van der Waals surface area (Å²) in [6, 6.07) is 4.96. The Morgan fingerprint density at radius 1 is 1.46 bits per heavy atom. The quantitative estimate of drug-likeness (QED) is 0.585. The first-order valence-corrected chi connectivity index (χ1v) is 4.49. The van der Waals surface area contributed by atoms with Gasteiger partial charge in [0.25, 0.3) is 0 Å². The van der Waals surface area contributed by atoms with Crippen LogP contribution in [0.3, 0.4) is 0 Å². The van der Waals surface area contributed by atoms with Crippen LogP contribution < -0.4 is 5.73 Å². The van der Waals surface area contributed by atoms with Crippen LogP contribution in [0.1, 0.15) is 24.2 Å². The van der Waals surface area contributed by atoms with E-state index in [1.165, 1.54) is 0 Å². The maximum absolute atomic E-state index is 11.5. The fourth-order valence-corrected chi connectivity index (χ4v) is 1.19. The minimum atomic E-state index is -0.0142. The van der Waals surface area contributed by atoms with Gasteiger partial charge >= 0.3 is 0 Å². The molecule has 2 N–H and O–H groups in total. The van der Waals surface area contributed by atoms with Gasteiger partial charge in [-0.05, 0) is 18.2 Å². The highest BCUT2D eigenvalue weighted by molar-refractivity contribution is 6.33. The molecule has 0 spiro atoms. The summed E-state index contributed by atoms with van der Waals surface area (Å²) in [6.07, 6.45) is 0. The van der Waals surface area contributed by atoms with Crippen molar-refractivity contribution in [3.05, 3.63) is 28.8 Å². The molecular weight excluding hydrogens is 186 g/mol. The van der Waals surface area contributed by atoms with Crippen LogP contribution in [0.5, 0.6) is 0 Å². The predicted octanol–water partition coefficient (Wildman–Crippen LogP) is 2.76. The number of hydrogen-bond acceptors (Lipinski definition) is 2. The van der Waals surface area contributed by atoms with E-state index in [0.717, 1.165) is 0 Å². The molecule has 2 nitrogen and oxygen atoms in total. The zero-order valence-corrected chi connectivity index (χ0v) is 8.43. The van der Waals surface area contributed by atoms with E-state index in [0.29, 0.717) is 16.3 Å². The molecule has 0 aliphatic rings. The SMILES string of the molecule is CC(C)C(=O)c1ccc(N)c(Cl)c1. The highest BCUT2D eigenvalue weighted by Gasteiger charge is 2.10. The number of benzene rings is 1. The van der Waals surface area contributed by atoms with Crippen LogP contribution in [0.15, 0.2) is 18.2 Å². The number of nitrogen functional groups attached to an aromatic ring is 1. The number of anilines is 1. The van der Waals surface area contributed by atoms with Crippen molar-refractivity contribution < 1.29 is 4.79 Å². The molecule has 0 aromatic heterocycles. The fourth-order valence-electron chi connectivity index (χ4n) is 1.01. The number of nitrogens with two attached hydrogens (primary N) is 1. The molecule has 3 heteroatoms. The summed E-state index contributed by atoms with van der Waals surface area (Å²) >= 11 is 5.79. The number of rotatable bonds is 2. The molecule has 0 aliphatic carbocycles. The second-order valence-corrected chi connectivity index (χ2v) is 3.66. The van der Waals surface area contributed by atoms with E-state index in [9.17, 15) is 4.79 Å². The average Bonchev–Trinajstić information content (AvgIpc) is 2.08. The summed E-state index contributed by atoms with van der Waals surface area (Å²) in [6.45, 7) is 3.71. The van der Waals surface area contributed by atoms with Crippen LogP contribution in [-0.4, -0.2) is 5.78 Å². The number of hydrogen-bond donors (Lipinski definition) is 1. The normalized spacial score (nSPS) is 10.5. The second kappa shape index (κ2) is 3.79. The van der Waals surface area contributed by atoms with Crippen molar-refractivity contribution >= 4 is 23.1 Å². The lowest BCUT2D eigenvalue weighted by molar-refractivity contribution is 0.0939. The molecule has 13 heavy (non-hydrogen) atoms. The fraction of sp³-hybridized carbons (Fsp3) is 0.300. The standard InChI is InChI=1S/C10H12ClNO/c1-6(2)10(13)7-3-4-9(12)8(11)5-7/h3-6H,12H2,1-2H3. The van der Waals surface area contributed by atoms with Crippen molar-refractivity contribution in [1.82, 2.24) is 0 Å². The van der Waals surface area contributed by atoms with Gasteiger partial charge in [-0.15, -0.1) is 0 Å². The molecule has 0 saturated heterocycles. The minimum absolute atomic E-state index is 0.0142. The smallest absolute Gasteiger partial charge is 0.165 e. The Balaban J connectivity index is 3.04. The van der Waals surface area contributed by atoms with Crippen LogP contribution >= 0.6 is 11.6 Å². The van der Waals surface area contributed by atoms with Crippen molar-refractivity contribution in [1.29, 1.82) is 0 Å². The van der Waals surface area contributed by atoms with E-state index < -0.39 is 0 Å². The van der Waals surface area contributed by atoms with Gasteiger partial charge in [0.2, 0.25) is 0 Å². The molecule has 0 atom stereocenters. The zero-order chi connectivity index (χ0) is 10.0. The molecule has 0 bridgehead atoms. The van der Waals surface area contributed by atoms with Gasteiger partial charge in [0, 0.05) is 11.5 Å². The summed E-state index contributed by atoms with van der Waals surface area (Å²) in [7, 11) is 0. The van der Waals surface area contributed by atoms with Gasteiger partial charge in [0.1, 0.15) is 0 Å². The van der Waals surface area contributed by atoms with Crippen LogP contribution in [0, 0.1) is 5.92 Å². The molecule has 1 rings (SSSR count). The summed E-state index contributed by atoms with van der Waals surface area (Å²) in [5.41, 5.74) is 6.64. The van der Waals surface area contributed by atoms with E-state index in [-0.39, 0.29) is 11.7 Å². The Labute approximate surface area is 82.7 Å². The van der Waals surface area contributed by atoms with Crippen molar-refractivity contribution in [2.24, 2.45) is 5.92 Å². The van der Waals surface area contributed by atoms with Crippen molar-refractivity contribution in [3.63, 3.8) is 0 Å². The summed E-state index contributed by atoms with van der Waals surface area (Å²) in [5.74, 6) is 0.0709. The molecule has 0 fully saturated rings. The molecular formula is C10H12ClNO. The Morgan fingerprint density at radius 3 is 2.54 bits per heavy atom. The topological polar surface area (TPSA) is 43.1 Å². The minimum Gasteiger partial charge on any atom is -0.398 e. The largest absolute Gasteiger partial charge is 0.398 e. The highest BCUT2D eigenvalue weighted by Crippen LogP contribution is 2.21. The Bertz CT molecular complexity index is 334. The highest BCUT2D eigenvalue weighted by atomic mass is 35.5. The molecule has 0 amide bonds. The molecule has 1 aromatic rings. The van der Waals surface area contributed by atoms with E-state index in [1.807, 2.05) is 13.8 Å². The van der Waals surface area contributed by atoms with Gasteiger partial charge in [-0.25, -0.2) is 0 Å². The number of carbonyl (C=O) groups is 1. The maximum atomic E-state index is 11.5. The van der Waals surface area contributed by atoms with Gasteiger partial charge in [0.15, 0.2) is 5.78 Å². The predicted molar refractivity (Wildman–Crippen MR) is 55.0 cm³/mol. The monoisotopic (exact) mass is 197 g/mol. The zero-order valence-electron chi connectivity index (χ0n) is 7.67. The van der Waals surface area contributed by atoms with Crippen molar-refractivity contribution in [2.75, 3.05) is 5.73 Å². The number of carbonyl (C=O) groups excluding carboxylic acids is 1. The van der Waals surface area contributed by atoms with Gasteiger partial charge in [0.05, 0.1) is 10.7 Å². The summed E-state index contributed by atoms with van der Waals surface area (Å²) in [5, 5.41) is 0.437. The first-order valence-electron chi connectivity index (χ1n) is 4.11. The Kier molecular flexibility index (Phi) is 2.94. The number of halogens is 1. The van der Waals surface area contributed by atoms with E-state index in [4.69, 9.17) is 17.3 Å². The Hall–Kier alpha value is -1.02. The summed E-state index contributed by atoms with van der Waals surface area (Å²) < 4.78 is 0. The van der Waals surface area contributed by atoms with Gasteiger partial charge < -0.3 is 5.73 Å². The van der Waals surface area contributed by atoms with Crippen LogP contribution in [0.25, 0.3) is 0 Å². The van der Waals surface area contributed by atoms with E-state index in [1.54, 1.807) is 18.2 Å². The lowest BCUT2D eigenvalue weighted by atomic mass is 10.0. The number of Topliss-reactive ketones (excluding diaryl/α,β-unsaturated/α-hetero) is 1. The van der Waals surface area contributed by atoms with Crippen LogP contribution in [-0.2, 0) is 0 Å². The molecule has 0 unspecified atom stereocenters. The first-order chi connectivity index (χ1) is 6.02. The molecule has 0 radical (unpaired) electrons. The molecule has 70 valence electrons. The first kappa shape index (κ1) is 10.1. The number of ketones is 1. The van der Waals surface area contributed by atoms with E-state index in [2.05, 4.69) is 0 Å². The molecule has 1 aromatic carbocycles. The molecule has 0 aliphatic heterocycles. The van der Waals surface area contributed by atoms with Crippen molar-refractivity contribution in [2.45, 2.75) is 13.8 Å². The van der Waals surface area contributed by atoms with Crippen molar-refractivity contribution in [3.8, 4) is 0 Å². The molecule has 0 heterocycles. The lowest BCUT2D eigenvalue weighted by Gasteiger charge is -2.05.